The predicted molar refractivity (Wildman–Crippen MR) is 81.7 cm³/mol. The second kappa shape index (κ2) is 4.59. The molecular weight excluding hydrogens is 248 g/mol. The van der Waals surface area contributed by atoms with Gasteiger partial charge in [-0.3, -0.25) is 9.69 Å². The quantitative estimate of drug-likeness (QED) is 0.840. The Kier molecular flexibility index (Phi) is 3.13. The van der Waals surface area contributed by atoms with Crippen LogP contribution in [0.15, 0.2) is 29.6 Å². The van der Waals surface area contributed by atoms with Gasteiger partial charge in [0.1, 0.15) is 0 Å². The summed E-state index contributed by atoms with van der Waals surface area (Å²) in [5.74, 6) is 1.76. The van der Waals surface area contributed by atoms with Crippen LogP contribution < -0.4 is 5.56 Å². The molecule has 0 radical (unpaired) electrons. The van der Waals surface area contributed by atoms with E-state index in [0.29, 0.717) is 17.8 Å². The maximum atomic E-state index is 11.7. The normalized spacial score (nSPS) is 35.7. The zero-order chi connectivity index (χ0) is 14.5. The highest BCUT2D eigenvalue weighted by Crippen LogP contribution is 2.54. The molecule has 1 fully saturated rings. The van der Waals surface area contributed by atoms with Crippen LogP contribution in [-0.2, 0) is 12.0 Å². The zero-order valence-electron chi connectivity index (χ0n) is 12.6. The van der Waals surface area contributed by atoms with Crippen molar-refractivity contribution in [1.29, 1.82) is 0 Å². The zero-order valence-corrected chi connectivity index (χ0v) is 12.6. The minimum absolute atomic E-state index is 0.0120. The summed E-state index contributed by atoms with van der Waals surface area (Å²) in [6.45, 7) is 6.46. The second-order valence-corrected chi connectivity index (χ2v) is 6.80. The Labute approximate surface area is 120 Å². The van der Waals surface area contributed by atoms with Crippen molar-refractivity contribution < 1.29 is 0 Å². The van der Waals surface area contributed by atoms with Crippen molar-refractivity contribution in [2.24, 2.45) is 17.8 Å². The van der Waals surface area contributed by atoms with E-state index in [9.17, 15) is 4.79 Å². The average Bonchev–Trinajstić information content (AvgIpc) is 2.36. The van der Waals surface area contributed by atoms with Gasteiger partial charge in [0.05, 0.1) is 5.54 Å². The van der Waals surface area contributed by atoms with Gasteiger partial charge in [-0.2, -0.15) is 0 Å². The number of pyridine rings is 1. The van der Waals surface area contributed by atoms with Gasteiger partial charge in [0, 0.05) is 17.7 Å². The molecular formula is C17H24N2O. The van der Waals surface area contributed by atoms with Crippen molar-refractivity contribution in [3.05, 3.63) is 46.4 Å². The maximum absolute atomic E-state index is 11.7. The molecule has 2 aliphatic carbocycles. The van der Waals surface area contributed by atoms with Gasteiger partial charge in [-0.05, 0) is 56.8 Å². The summed E-state index contributed by atoms with van der Waals surface area (Å²) >= 11 is 0. The van der Waals surface area contributed by atoms with E-state index in [0.717, 1.165) is 18.5 Å². The molecule has 3 heteroatoms. The van der Waals surface area contributed by atoms with Gasteiger partial charge < -0.3 is 4.98 Å². The standard InChI is InChI=1S/C17H24N2O/c1-5-13-12-8-11(2)10-17(13,19(3)4)14-6-7-16(20)18-15(14)9-12/h5-7,11-13H,1,8-10H2,2-4H3,(H,18,20)/t11?,12-,13+,17+/m0/s1. The molecule has 0 aromatic carbocycles. The van der Waals surface area contributed by atoms with Crippen molar-refractivity contribution in [2.75, 3.05) is 14.1 Å². The number of hydrogen-bond donors (Lipinski definition) is 1. The first kappa shape index (κ1) is 13.6. The highest BCUT2D eigenvalue weighted by atomic mass is 16.1. The van der Waals surface area contributed by atoms with Gasteiger partial charge in [0.25, 0.3) is 0 Å². The van der Waals surface area contributed by atoms with Gasteiger partial charge in [0.2, 0.25) is 5.56 Å². The SMILES string of the molecule is C=C[C@@H]1[C@@H]2Cc3[nH]c(=O)ccc3[C@@]1(N(C)C)CC(C)C2. The number of aromatic nitrogens is 1. The minimum Gasteiger partial charge on any atom is -0.326 e. The lowest BCUT2D eigenvalue weighted by Crippen LogP contribution is -2.57. The molecule has 108 valence electrons. The smallest absolute Gasteiger partial charge is 0.248 e. The molecule has 1 aromatic rings. The molecule has 2 aliphatic rings. The first-order valence-corrected chi connectivity index (χ1v) is 7.51. The van der Waals surface area contributed by atoms with Crippen LogP contribution in [0.3, 0.4) is 0 Å². The summed E-state index contributed by atoms with van der Waals surface area (Å²) in [6, 6.07) is 3.71. The summed E-state index contributed by atoms with van der Waals surface area (Å²) in [5.41, 5.74) is 2.44. The van der Waals surface area contributed by atoms with E-state index < -0.39 is 0 Å². The molecule has 3 nitrogen and oxygen atoms in total. The molecule has 1 saturated carbocycles. The van der Waals surface area contributed by atoms with Gasteiger partial charge in [-0.15, -0.1) is 6.58 Å². The van der Waals surface area contributed by atoms with Gasteiger partial charge >= 0.3 is 0 Å². The van der Waals surface area contributed by atoms with Crippen LogP contribution in [0.1, 0.15) is 31.0 Å². The highest BCUT2D eigenvalue weighted by molar-refractivity contribution is 5.36. The number of rotatable bonds is 2. The summed E-state index contributed by atoms with van der Waals surface area (Å²) in [4.78, 5) is 17.1. The first-order chi connectivity index (χ1) is 9.49. The number of nitrogens with zero attached hydrogens (tertiary/aromatic N) is 1. The number of fused-ring (bicyclic) bond motifs is 4. The second-order valence-electron chi connectivity index (χ2n) is 6.80. The maximum Gasteiger partial charge on any atom is 0.248 e. The third-order valence-corrected chi connectivity index (χ3v) is 5.41. The minimum atomic E-state index is -0.0120. The van der Waals surface area contributed by atoms with E-state index in [4.69, 9.17) is 0 Å². The monoisotopic (exact) mass is 272 g/mol. The molecule has 0 amide bonds. The molecule has 1 unspecified atom stereocenters. The van der Waals surface area contributed by atoms with Crippen LogP contribution in [0.2, 0.25) is 0 Å². The van der Waals surface area contributed by atoms with Crippen LogP contribution in [0, 0.1) is 17.8 Å². The van der Waals surface area contributed by atoms with E-state index in [-0.39, 0.29) is 11.1 Å². The lowest BCUT2D eigenvalue weighted by molar-refractivity contribution is -0.0137. The van der Waals surface area contributed by atoms with Crippen LogP contribution >= 0.6 is 0 Å². The van der Waals surface area contributed by atoms with E-state index in [2.05, 4.69) is 43.6 Å². The molecule has 4 atom stereocenters. The highest BCUT2D eigenvalue weighted by Gasteiger charge is 2.52. The summed E-state index contributed by atoms with van der Waals surface area (Å²) in [5, 5.41) is 0. The van der Waals surface area contributed by atoms with E-state index in [1.54, 1.807) is 6.07 Å². The number of aromatic amines is 1. The largest absolute Gasteiger partial charge is 0.326 e. The lowest BCUT2D eigenvalue weighted by Gasteiger charge is -2.56. The van der Waals surface area contributed by atoms with Crippen LogP contribution in [0.4, 0.5) is 0 Å². The van der Waals surface area contributed by atoms with Crippen molar-refractivity contribution in [1.82, 2.24) is 9.88 Å². The number of nitrogens with one attached hydrogen (secondary N) is 1. The molecule has 1 N–H and O–H groups in total. The number of H-pyrrole nitrogens is 1. The van der Waals surface area contributed by atoms with E-state index in [1.807, 2.05) is 6.07 Å². The molecule has 20 heavy (non-hydrogen) atoms. The Bertz CT molecular complexity index is 589. The van der Waals surface area contributed by atoms with E-state index >= 15 is 0 Å². The summed E-state index contributed by atoms with van der Waals surface area (Å²) < 4.78 is 0. The Morgan fingerprint density at radius 2 is 2.20 bits per heavy atom. The molecule has 0 saturated heterocycles. The molecule has 1 aromatic heterocycles. The van der Waals surface area contributed by atoms with Crippen molar-refractivity contribution in [3.8, 4) is 0 Å². The fourth-order valence-corrected chi connectivity index (χ4v) is 4.76. The molecule has 1 heterocycles. The Morgan fingerprint density at radius 1 is 1.45 bits per heavy atom. The third-order valence-electron chi connectivity index (χ3n) is 5.41. The predicted octanol–water partition coefficient (Wildman–Crippen LogP) is 2.54. The van der Waals surface area contributed by atoms with Crippen LogP contribution in [-0.4, -0.2) is 24.0 Å². The molecule has 0 spiro atoms. The number of hydrogen-bond acceptors (Lipinski definition) is 2. The molecule has 0 aliphatic heterocycles. The van der Waals surface area contributed by atoms with Gasteiger partial charge in [-0.1, -0.05) is 13.0 Å². The first-order valence-electron chi connectivity index (χ1n) is 7.51. The fraction of sp³-hybridized carbons (Fsp3) is 0.588. The van der Waals surface area contributed by atoms with Crippen molar-refractivity contribution in [3.63, 3.8) is 0 Å². The Morgan fingerprint density at radius 3 is 2.85 bits per heavy atom. The Hall–Kier alpha value is -1.35. The Balaban J connectivity index is 2.26. The van der Waals surface area contributed by atoms with E-state index in [1.165, 1.54) is 12.0 Å². The van der Waals surface area contributed by atoms with Crippen LogP contribution in [0.25, 0.3) is 0 Å². The third kappa shape index (κ3) is 1.72. The van der Waals surface area contributed by atoms with Crippen molar-refractivity contribution >= 4 is 0 Å². The molecule has 3 rings (SSSR count). The van der Waals surface area contributed by atoms with Crippen LogP contribution in [0.5, 0.6) is 0 Å². The lowest BCUT2D eigenvalue weighted by atomic mass is 9.55. The molecule has 2 bridgehead atoms. The van der Waals surface area contributed by atoms with Crippen molar-refractivity contribution in [2.45, 2.75) is 31.7 Å². The summed E-state index contributed by atoms with van der Waals surface area (Å²) in [6.07, 6.45) is 5.47. The summed E-state index contributed by atoms with van der Waals surface area (Å²) in [7, 11) is 4.32. The topological polar surface area (TPSA) is 36.1 Å². The fourth-order valence-electron chi connectivity index (χ4n) is 4.76. The average molecular weight is 272 g/mol. The van der Waals surface area contributed by atoms with Gasteiger partial charge in [0.15, 0.2) is 0 Å². The van der Waals surface area contributed by atoms with Gasteiger partial charge in [-0.25, -0.2) is 0 Å².